The molecule has 1 atom stereocenters. The van der Waals surface area contributed by atoms with Crippen LogP contribution in [0, 0.1) is 6.92 Å². The number of benzene rings is 1. The van der Waals surface area contributed by atoms with Crippen molar-refractivity contribution >= 4 is 5.91 Å². The molecule has 126 valence electrons. The Kier molecular flexibility index (Phi) is 3.93. The molecule has 2 aliphatic heterocycles. The largest absolute Gasteiger partial charge is 0.465 e. The second-order valence-electron chi connectivity index (χ2n) is 7.23. The lowest BCUT2D eigenvalue weighted by Gasteiger charge is -2.39. The van der Waals surface area contributed by atoms with Crippen molar-refractivity contribution in [3.63, 3.8) is 0 Å². The highest BCUT2D eigenvalue weighted by Gasteiger charge is 2.46. The summed E-state index contributed by atoms with van der Waals surface area (Å²) in [6, 6.07) is 14.2. The zero-order valence-electron chi connectivity index (χ0n) is 14.1. The maximum Gasteiger partial charge on any atom is 0.228 e. The number of nitrogens with zero attached hydrogens (tertiary/aromatic N) is 1. The van der Waals surface area contributed by atoms with E-state index in [1.807, 2.05) is 31.2 Å². The van der Waals surface area contributed by atoms with Gasteiger partial charge in [0.25, 0.3) is 0 Å². The zero-order valence-corrected chi connectivity index (χ0v) is 14.1. The Hall–Kier alpha value is -2.07. The molecule has 2 saturated heterocycles. The second kappa shape index (κ2) is 6.10. The highest BCUT2D eigenvalue weighted by Crippen LogP contribution is 2.39. The standard InChI is InChI=1S/C20H24N2O2/c1-15-7-8-17(24-15)14-22-11-9-20(10-12-22)13-18(19(23)21-20)16-5-3-2-4-6-16/h2-8,18H,9-14H2,1H3,(H,21,23)/t18-/m0/s1. The fourth-order valence-corrected chi connectivity index (χ4v) is 4.10. The van der Waals surface area contributed by atoms with Crippen LogP contribution in [-0.2, 0) is 11.3 Å². The molecule has 4 rings (SSSR count). The van der Waals surface area contributed by atoms with E-state index < -0.39 is 0 Å². The summed E-state index contributed by atoms with van der Waals surface area (Å²) in [5.41, 5.74) is 1.12. The number of piperidine rings is 1. The summed E-state index contributed by atoms with van der Waals surface area (Å²) in [6.07, 6.45) is 2.95. The fraction of sp³-hybridized carbons (Fsp3) is 0.450. The Morgan fingerprint density at radius 1 is 1.17 bits per heavy atom. The van der Waals surface area contributed by atoms with Crippen molar-refractivity contribution in [3.8, 4) is 0 Å². The Balaban J connectivity index is 1.39. The first-order chi connectivity index (χ1) is 11.6. The molecule has 1 N–H and O–H groups in total. The average molecular weight is 324 g/mol. The number of nitrogens with one attached hydrogen (secondary N) is 1. The quantitative estimate of drug-likeness (QED) is 0.943. The molecule has 1 spiro atoms. The minimum Gasteiger partial charge on any atom is -0.465 e. The van der Waals surface area contributed by atoms with Gasteiger partial charge >= 0.3 is 0 Å². The van der Waals surface area contributed by atoms with E-state index in [-0.39, 0.29) is 17.4 Å². The zero-order chi connectivity index (χ0) is 16.6. The molecule has 0 bridgehead atoms. The summed E-state index contributed by atoms with van der Waals surface area (Å²) >= 11 is 0. The van der Waals surface area contributed by atoms with E-state index in [0.29, 0.717) is 0 Å². The van der Waals surface area contributed by atoms with Crippen molar-refractivity contribution in [2.75, 3.05) is 13.1 Å². The second-order valence-corrected chi connectivity index (χ2v) is 7.23. The number of hydrogen-bond acceptors (Lipinski definition) is 3. The van der Waals surface area contributed by atoms with Gasteiger partial charge in [0.15, 0.2) is 0 Å². The predicted molar refractivity (Wildman–Crippen MR) is 92.6 cm³/mol. The summed E-state index contributed by atoms with van der Waals surface area (Å²) in [5, 5.41) is 3.32. The topological polar surface area (TPSA) is 45.5 Å². The SMILES string of the molecule is Cc1ccc(CN2CCC3(CC2)C[C@@H](c2ccccc2)C(=O)N3)o1. The summed E-state index contributed by atoms with van der Waals surface area (Å²) in [5.74, 6) is 2.19. The normalized spacial score (nSPS) is 23.5. The molecule has 0 saturated carbocycles. The number of likely N-dealkylation sites (tertiary alicyclic amines) is 1. The lowest BCUT2D eigenvalue weighted by Crippen LogP contribution is -2.50. The van der Waals surface area contributed by atoms with Gasteiger partial charge in [-0.1, -0.05) is 30.3 Å². The molecule has 0 unspecified atom stereocenters. The average Bonchev–Trinajstić information content (AvgIpc) is 3.14. The van der Waals surface area contributed by atoms with Crippen molar-refractivity contribution < 1.29 is 9.21 Å². The maximum absolute atomic E-state index is 12.5. The maximum atomic E-state index is 12.5. The molecule has 2 aliphatic rings. The lowest BCUT2D eigenvalue weighted by atomic mass is 9.82. The van der Waals surface area contributed by atoms with Crippen LogP contribution in [0.4, 0.5) is 0 Å². The first-order valence-electron chi connectivity index (χ1n) is 8.78. The van der Waals surface area contributed by atoms with Gasteiger partial charge in [-0.05, 0) is 43.9 Å². The van der Waals surface area contributed by atoms with Gasteiger partial charge in [0.05, 0.1) is 12.5 Å². The summed E-state index contributed by atoms with van der Waals surface area (Å²) < 4.78 is 5.68. The number of hydrogen-bond donors (Lipinski definition) is 1. The molecule has 0 aliphatic carbocycles. The van der Waals surface area contributed by atoms with Crippen molar-refractivity contribution in [3.05, 3.63) is 59.5 Å². The highest BCUT2D eigenvalue weighted by molar-refractivity contribution is 5.87. The molecule has 4 nitrogen and oxygen atoms in total. The fourth-order valence-electron chi connectivity index (χ4n) is 4.10. The molecule has 1 aromatic heterocycles. The van der Waals surface area contributed by atoms with Crippen LogP contribution in [0.1, 0.15) is 42.3 Å². The summed E-state index contributed by atoms with van der Waals surface area (Å²) in [7, 11) is 0. The van der Waals surface area contributed by atoms with Crippen LogP contribution in [0.3, 0.4) is 0 Å². The third-order valence-electron chi connectivity index (χ3n) is 5.49. The van der Waals surface area contributed by atoms with E-state index in [4.69, 9.17) is 4.42 Å². The van der Waals surface area contributed by atoms with Gasteiger partial charge in [-0.3, -0.25) is 9.69 Å². The van der Waals surface area contributed by atoms with E-state index in [9.17, 15) is 4.79 Å². The number of carbonyl (C=O) groups excluding carboxylic acids is 1. The van der Waals surface area contributed by atoms with E-state index in [1.165, 1.54) is 0 Å². The van der Waals surface area contributed by atoms with Crippen molar-refractivity contribution in [1.29, 1.82) is 0 Å². The molecule has 2 fully saturated rings. The smallest absolute Gasteiger partial charge is 0.228 e. The van der Waals surface area contributed by atoms with Crippen molar-refractivity contribution in [2.24, 2.45) is 0 Å². The Labute approximate surface area is 142 Å². The Morgan fingerprint density at radius 3 is 2.58 bits per heavy atom. The number of furan rings is 1. The number of carbonyl (C=O) groups is 1. The summed E-state index contributed by atoms with van der Waals surface area (Å²) in [4.78, 5) is 14.9. The van der Waals surface area contributed by atoms with Gasteiger partial charge < -0.3 is 9.73 Å². The molecule has 3 heterocycles. The molecular weight excluding hydrogens is 300 g/mol. The van der Waals surface area contributed by atoms with Crippen LogP contribution >= 0.6 is 0 Å². The van der Waals surface area contributed by atoms with Crippen molar-refractivity contribution in [2.45, 2.75) is 44.2 Å². The predicted octanol–water partition coefficient (Wildman–Crippen LogP) is 3.23. The third-order valence-corrected chi connectivity index (χ3v) is 5.49. The number of rotatable bonds is 3. The first-order valence-corrected chi connectivity index (χ1v) is 8.78. The van der Waals surface area contributed by atoms with Gasteiger partial charge in [0.2, 0.25) is 5.91 Å². The van der Waals surface area contributed by atoms with Crippen LogP contribution in [0.5, 0.6) is 0 Å². The molecular formula is C20H24N2O2. The van der Waals surface area contributed by atoms with Crippen molar-refractivity contribution in [1.82, 2.24) is 10.2 Å². The monoisotopic (exact) mass is 324 g/mol. The summed E-state index contributed by atoms with van der Waals surface area (Å²) in [6.45, 7) is 4.84. The molecule has 4 heteroatoms. The van der Waals surface area contributed by atoms with Crippen LogP contribution in [0.2, 0.25) is 0 Å². The van der Waals surface area contributed by atoms with Crippen LogP contribution in [0.15, 0.2) is 46.9 Å². The van der Waals surface area contributed by atoms with Gasteiger partial charge in [-0.2, -0.15) is 0 Å². The number of aryl methyl sites for hydroxylation is 1. The molecule has 0 radical (unpaired) electrons. The Bertz CT molecular complexity index is 714. The van der Waals surface area contributed by atoms with Gasteiger partial charge in [-0.25, -0.2) is 0 Å². The van der Waals surface area contributed by atoms with Crippen LogP contribution in [0.25, 0.3) is 0 Å². The molecule has 1 aromatic carbocycles. The minimum atomic E-state index is -0.0207. The molecule has 2 aromatic rings. The van der Waals surface area contributed by atoms with E-state index in [0.717, 1.165) is 56.0 Å². The minimum absolute atomic E-state index is 0.00507. The van der Waals surface area contributed by atoms with E-state index >= 15 is 0 Å². The van der Waals surface area contributed by atoms with Gasteiger partial charge in [0.1, 0.15) is 11.5 Å². The Morgan fingerprint density at radius 2 is 1.92 bits per heavy atom. The van der Waals surface area contributed by atoms with Crippen LogP contribution in [-0.4, -0.2) is 29.4 Å². The number of amides is 1. The molecule has 1 amide bonds. The van der Waals surface area contributed by atoms with Gasteiger partial charge in [-0.15, -0.1) is 0 Å². The molecule has 24 heavy (non-hydrogen) atoms. The third kappa shape index (κ3) is 2.98. The lowest BCUT2D eigenvalue weighted by molar-refractivity contribution is -0.121. The van der Waals surface area contributed by atoms with E-state index in [2.05, 4.69) is 28.4 Å². The van der Waals surface area contributed by atoms with Gasteiger partial charge in [0, 0.05) is 18.6 Å². The highest BCUT2D eigenvalue weighted by atomic mass is 16.3. The van der Waals surface area contributed by atoms with E-state index in [1.54, 1.807) is 0 Å². The first kappa shape index (κ1) is 15.5. The van der Waals surface area contributed by atoms with Crippen LogP contribution < -0.4 is 5.32 Å².